The predicted octanol–water partition coefficient (Wildman–Crippen LogP) is 4.38. The molecule has 1 saturated carbocycles. The van der Waals surface area contributed by atoms with Gasteiger partial charge in [0.15, 0.2) is 0 Å². The van der Waals surface area contributed by atoms with Crippen LogP contribution in [0, 0.1) is 11.6 Å². The molecular formula is C16H23F2N. The zero-order valence-electron chi connectivity index (χ0n) is 11.6. The Kier molecular flexibility index (Phi) is 5.32. The molecule has 1 aromatic carbocycles. The van der Waals surface area contributed by atoms with Crippen molar-refractivity contribution >= 4 is 0 Å². The molecule has 3 heteroatoms. The smallest absolute Gasteiger partial charge is 0.129 e. The van der Waals surface area contributed by atoms with Crippen LogP contribution in [-0.4, -0.2) is 12.6 Å². The maximum absolute atomic E-state index is 14.0. The van der Waals surface area contributed by atoms with E-state index in [4.69, 9.17) is 0 Å². The van der Waals surface area contributed by atoms with Gasteiger partial charge in [-0.25, -0.2) is 8.78 Å². The van der Waals surface area contributed by atoms with Crippen LogP contribution < -0.4 is 5.32 Å². The summed E-state index contributed by atoms with van der Waals surface area (Å²) in [5.74, 6) is -0.710. The fourth-order valence-corrected chi connectivity index (χ4v) is 3.06. The van der Waals surface area contributed by atoms with E-state index in [1.165, 1.54) is 18.9 Å². The first-order valence-electron chi connectivity index (χ1n) is 7.40. The maximum Gasteiger partial charge on any atom is 0.129 e. The molecule has 0 saturated heterocycles. The van der Waals surface area contributed by atoms with E-state index in [1.807, 2.05) is 0 Å². The maximum atomic E-state index is 14.0. The minimum Gasteiger partial charge on any atom is -0.313 e. The Morgan fingerprint density at radius 2 is 1.95 bits per heavy atom. The van der Waals surface area contributed by atoms with E-state index in [1.54, 1.807) is 6.07 Å². The summed E-state index contributed by atoms with van der Waals surface area (Å²) in [4.78, 5) is 0. The molecule has 2 rings (SSSR count). The second-order valence-electron chi connectivity index (χ2n) is 5.47. The van der Waals surface area contributed by atoms with Gasteiger partial charge in [-0.15, -0.1) is 0 Å². The van der Waals surface area contributed by atoms with E-state index >= 15 is 0 Å². The lowest BCUT2D eigenvalue weighted by molar-refractivity contribution is 0.399. The van der Waals surface area contributed by atoms with E-state index in [0.29, 0.717) is 11.6 Å². The summed E-state index contributed by atoms with van der Waals surface area (Å²) in [6, 6.07) is 4.33. The van der Waals surface area contributed by atoms with Crippen LogP contribution in [0.1, 0.15) is 56.9 Å². The molecule has 0 heterocycles. The topological polar surface area (TPSA) is 12.0 Å². The van der Waals surface area contributed by atoms with Crippen LogP contribution >= 0.6 is 0 Å². The van der Waals surface area contributed by atoms with Crippen molar-refractivity contribution in [1.29, 1.82) is 0 Å². The molecule has 0 spiro atoms. The van der Waals surface area contributed by atoms with Gasteiger partial charge in [-0.2, -0.15) is 0 Å². The van der Waals surface area contributed by atoms with E-state index in [0.717, 1.165) is 38.3 Å². The monoisotopic (exact) mass is 267 g/mol. The Bertz CT molecular complexity index is 406. The fourth-order valence-electron chi connectivity index (χ4n) is 3.06. The summed E-state index contributed by atoms with van der Waals surface area (Å²) < 4.78 is 27.0. The van der Waals surface area contributed by atoms with Crippen molar-refractivity contribution in [2.24, 2.45) is 0 Å². The highest BCUT2D eigenvalue weighted by Gasteiger charge is 2.26. The van der Waals surface area contributed by atoms with Crippen molar-refractivity contribution < 1.29 is 8.78 Å². The molecule has 0 radical (unpaired) electrons. The van der Waals surface area contributed by atoms with E-state index in [2.05, 4.69) is 12.2 Å². The zero-order chi connectivity index (χ0) is 13.7. The molecule has 0 amide bonds. The van der Waals surface area contributed by atoms with Gasteiger partial charge in [0.25, 0.3) is 0 Å². The van der Waals surface area contributed by atoms with Crippen LogP contribution in [0.3, 0.4) is 0 Å². The number of hydrogen-bond acceptors (Lipinski definition) is 1. The Labute approximate surface area is 114 Å². The lowest BCUT2D eigenvalue weighted by Crippen LogP contribution is -2.35. The highest BCUT2D eigenvalue weighted by Crippen LogP contribution is 2.33. The average molecular weight is 267 g/mol. The molecule has 0 aromatic heterocycles. The molecule has 1 nitrogen and oxygen atoms in total. The molecule has 1 aliphatic rings. The first-order valence-corrected chi connectivity index (χ1v) is 7.40. The van der Waals surface area contributed by atoms with Gasteiger partial charge >= 0.3 is 0 Å². The summed E-state index contributed by atoms with van der Waals surface area (Å²) in [6.45, 7) is 3.10. The number of nitrogens with one attached hydrogen (secondary N) is 1. The predicted molar refractivity (Wildman–Crippen MR) is 74.3 cm³/mol. The lowest BCUT2D eigenvalue weighted by atomic mass is 9.87. The summed E-state index contributed by atoms with van der Waals surface area (Å²) in [7, 11) is 0. The molecule has 1 N–H and O–H groups in total. The van der Waals surface area contributed by atoms with E-state index < -0.39 is 11.6 Å². The third-order valence-corrected chi connectivity index (χ3v) is 4.03. The van der Waals surface area contributed by atoms with Crippen LogP contribution in [0.25, 0.3) is 0 Å². The normalized spacial score (nSPS) is 24.2. The van der Waals surface area contributed by atoms with Gasteiger partial charge in [0.2, 0.25) is 0 Å². The highest BCUT2D eigenvalue weighted by molar-refractivity contribution is 5.24. The van der Waals surface area contributed by atoms with Crippen LogP contribution in [0.15, 0.2) is 18.2 Å². The van der Waals surface area contributed by atoms with Crippen LogP contribution in [0.4, 0.5) is 8.78 Å². The molecule has 1 aromatic rings. The number of rotatable bonds is 4. The van der Waals surface area contributed by atoms with Gasteiger partial charge in [-0.1, -0.05) is 32.3 Å². The first-order chi connectivity index (χ1) is 9.22. The van der Waals surface area contributed by atoms with E-state index in [-0.39, 0.29) is 5.92 Å². The zero-order valence-corrected chi connectivity index (χ0v) is 11.6. The van der Waals surface area contributed by atoms with Crippen molar-refractivity contribution in [2.75, 3.05) is 6.54 Å². The number of halogens is 2. The average Bonchev–Trinajstić information content (AvgIpc) is 2.62. The third-order valence-electron chi connectivity index (χ3n) is 4.03. The molecule has 106 valence electrons. The lowest BCUT2D eigenvalue weighted by Gasteiger charge is -2.27. The molecule has 0 bridgehead atoms. The second-order valence-corrected chi connectivity index (χ2v) is 5.47. The second kappa shape index (κ2) is 6.99. The standard InChI is InChI=1S/C16H23F2N/c1-2-10-19-16-7-5-3-4-6-14(16)13-9-8-12(17)11-15(13)18/h8-9,11,14,16,19H,2-7,10H2,1H3. The van der Waals surface area contributed by atoms with Crippen molar-refractivity contribution in [2.45, 2.75) is 57.4 Å². The molecule has 0 aliphatic heterocycles. The van der Waals surface area contributed by atoms with Crippen molar-refractivity contribution in [1.82, 2.24) is 5.32 Å². The summed E-state index contributed by atoms with van der Waals surface area (Å²) in [5, 5.41) is 3.54. The Balaban J connectivity index is 2.20. The number of benzene rings is 1. The van der Waals surface area contributed by atoms with Crippen molar-refractivity contribution in [3.8, 4) is 0 Å². The van der Waals surface area contributed by atoms with Gasteiger partial charge in [0, 0.05) is 18.0 Å². The summed E-state index contributed by atoms with van der Waals surface area (Å²) in [5.41, 5.74) is 0.678. The summed E-state index contributed by atoms with van der Waals surface area (Å²) in [6.07, 6.45) is 6.69. The molecular weight excluding hydrogens is 244 g/mol. The Morgan fingerprint density at radius 1 is 1.16 bits per heavy atom. The van der Waals surface area contributed by atoms with E-state index in [9.17, 15) is 8.78 Å². The van der Waals surface area contributed by atoms with Crippen molar-refractivity contribution in [3.05, 3.63) is 35.4 Å². The molecule has 1 fully saturated rings. The van der Waals surface area contributed by atoms with Crippen LogP contribution in [0.2, 0.25) is 0 Å². The SMILES string of the molecule is CCCNC1CCCCCC1c1ccc(F)cc1F. The largest absolute Gasteiger partial charge is 0.313 e. The van der Waals surface area contributed by atoms with Crippen molar-refractivity contribution in [3.63, 3.8) is 0 Å². The molecule has 19 heavy (non-hydrogen) atoms. The third kappa shape index (κ3) is 3.75. The molecule has 1 aliphatic carbocycles. The minimum absolute atomic E-state index is 0.176. The van der Waals surface area contributed by atoms with Gasteiger partial charge in [-0.3, -0.25) is 0 Å². The highest BCUT2D eigenvalue weighted by atomic mass is 19.1. The van der Waals surface area contributed by atoms with Crippen LogP contribution in [-0.2, 0) is 0 Å². The van der Waals surface area contributed by atoms with Gasteiger partial charge in [-0.05, 0) is 37.4 Å². The molecule has 2 atom stereocenters. The van der Waals surface area contributed by atoms with Gasteiger partial charge in [0.1, 0.15) is 11.6 Å². The number of hydrogen-bond donors (Lipinski definition) is 1. The fraction of sp³-hybridized carbons (Fsp3) is 0.625. The molecule has 2 unspecified atom stereocenters. The quantitative estimate of drug-likeness (QED) is 0.798. The minimum atomic E-state index is -0.493. The first kappa shape index (κ1) is 14.4. The van der Waals surface area contributed by atoms with Gasteiger partial charge in [0.05, 0.1) is 0 Å². The van der Waals surface area contributed by atoms with Gasteiger partial charge < -0.3 is 5.32 Å². The van der Waals surface area contributed by atoms with Crippen LogP contribution in [0.5, 0.6) is 0 Å². The Hall–Kier alpha value is -0.960. The summed E-state index contributed by atoms with van der Waals surface area (Å²) >= 11 is 0. The Morgan fingerprint density at radius 3 is 2.68 bits per heavy atom.